The number of ether oxygens (including phenoxy) is 2. The minimum atomic E-state index is -0.772. The van der Waals surface area contributed by atoms with Gasteiger partial charge in [0.1, 0.15) is 11.5 Å². The number of hydrogen-bond donors (Lipinski definition) is 1. The molecule has 0 atom stereocenters. The number of hydrogen-bond acceptors (Lipinski definition) is 4. The fraction of sp³-hybridized carbons (Fsp3) is 0.500. The van der Waals surface area contributed by atoms with E-state index in [0.29, 0.717) is 5.75 Å². The van der Waals surface area contributed by atoms with Crippen molar-refractivity contribution in [1.82, 2.24) is 5.01 Å². The Morgan fingerprint density at radius 3 is 2.26 bits per heavy atom. The molecule has 0 saturated carbocycles. The number of likely N-dealkylation sites (N-methyl/N-ethyl adjacent to an activating group) is 1. The van der Waals surface area contributed by atoms with Crippen molar-refractivity contribution < 1.29 is 14.3 Å². The molecule has 0 saturated heterocycles. The average Bonchev–Trinajstić information content (AvgIpc) is 2.36. The number of carbonyl (C=O) groups is 1. The van der Waals surface area contributed by atoms with Gasteiger partial charge >= 0.3 is 0 Å². The lowest BCUT2D eigenvalue weighted by atomic mass is 9.82. The van der Waals surface area contributed by atoms with Gasteiger partial charge in [0.2, 0.25) is 5.91 Å². The van der Waals surface area contributed by atoms with E-state index in [2.05, 4.69) is 0 Å². The molecular formula is C14H22N2O3. The van der Waals surface area contributed by atoms with Crippen molar-refractivity contribution in [2.75, 3.05) is 21.3 Å². The molecular weight excluding hydrogens is 244 g/mol. The van der Waals surface area contributed by atoms with Crippen LogP contribution in [0, 0.1) is 6.92 Å². The monoisotopic (exact) mass is 266 g/mol. The summed E-state index contributed by atoms with van der Waals surface area (Å²) in [7, 11) is 4.72. The molecule has 0 fully saturated rings. The Morgan fingerprint density at radius 2 is 1.84 bits per heavy atom. The first kappa shape index (κ1) is 15.3. The lowest BCUT2D eigenvalue weighted by Gasteiger charge is -2.29. The van der Waals surface area contributed by atoms with Crippen LogP contribution in [0.25, 0.3) is 0 Å². The van der Waals surface area contributed by atoms with Crippen LogP contribution in [0.3, 0.4) is 0 Å². The van der Waals surface area contributed by atoms with Crippen LogP contribution in [0.2, 0.25) is 0 Å². The van der Waals surface area contributed by atoms with Crippen LogP contribution in [0.1, 0.15) is 25.0 Å². The number of hydrazine groups is 1. The molecule has 19 heavy (non-hydrogen) atoms. The summed E-state index contributed by atoms with van der Waals surface area (Å²) in [6.07, 6.45) is 0. The van der Waals surface area contributed by atoms with Crippen LogP contribution in [-0.2, 0) is 10.2 Å². The lowest BCUT2D eigenvalue weighted by molar-refractivity contribution is -0.135. The highest BCUT2D eigenvalue weighted by molar-refractivity contribution is 5.88. The van der Waals surface area contributed by atoms with Gasteiger partial charge in [-0.1, -0.05) is 6.07 Å². The van der Waals surface area contributed by atoms with Crippen molar-refractivity contribution in [2.24, 2.45) is 5.84 Å². The number of methoxy groups -OCH3 is 2. The average molecular weight is 266 g/mol. The smallest absolute Gasteiger partial charge is 0.246 e. The van der Waals surface area contributed by atoms with Crippen molar-refractivity contribution in [1.29, 1.82) is 0 Å². The van der Waals surface area contributed by atoms with Crippen LogP contribution in [0.5, 0.6) is 11.5 Å². The predicted octanol–water partition coefficient (Wildman–Crippen LogP) is 1.62. The van der Waals surface area contributed by atoms with Gasteiger partial charge < -0.3 is 9.47 Å². The van der Waals surface area contributed by atoms with Crippen LogP contribution >= 0.6 is 0 Å². The van der Waals surface area contributed by atoms with Crippen molar-refractivity contribution >= 4 is 5.91 Å². The Labute approximate surface area is 114 Å². The molecule has 1 rings (SSSR count). The van der Waals surface area contributed by atoms with Crippen LogP contribution < -0.4 is 15.3 Å². The topological polar surface area (TPSA) is 64.8 Å². The molecule has 0 radical (unpaired) electrons. The predicted molar refractivity (Wildman–Crippen MR) is 74.3 cm³/mol. The molecule has 1 amide bonds. The van der Waals surface area contributed by atoms with Gasteiger partial charge in [-0.15, -0.1) is 0 Å². The van der Waals surface area contributed by atoms with Crippen LogP contribution in [-0.4, -0.2) is 32.2 Å². The number of nitrogens with zero attached hydrogens (tertiary/aromatic N) is 1. The molecule has 0 aliphatic carbocycles. The summed E-state index contributed by atoms with van der Waals surface area (Å²) in [6.45, 7) is 5.54. The number of amides is 1. The van der Waals surface area contributed by atoms with Gasteiger partial charge in [-0.05, 0) is 26.8 Å². The SMILES string of the molecule is COc1ccc(C(C)(C)C(=O)N(C)N)c(OC)c1C. The molecule has 0 heterocycles. The van der Waals surface area contributed by atoms with E-state index in [1.165, 1.54) is 7.05 Å². The Morgan fingerprint density at radius 1 is 1.26 bits per heavy atom. The zero-order valence-corrected chi connectivity index (χ0v) is 12.4. The summed E-state index contributed by atoms with van der Waals surface area (Å²) >= 11 is 0. The van der Waals surface area contributed by atoms with Crippen molar-refractivity contribution in [2.45, 2.75) is 26.2 Å². The second kappa shape index (κ2) is 5.48. The summed E-state index contributed by atoms with van der Waals surface area (Å²) < 4.78 is 10.7. The van der Waals surface area contributed by atoms with Gasteiger partial charge in [-0.2, -0.15) is 0 Å². The normalized spacial score (nSPS) is 11.1. The first-order chi connectivity index (χ1) is 8.77. The third-order valence-corrected chi connectivity index (χ3v) is 3.31. The van der Waals surface area contributed by atoms with Crippen molar-refractivity contribution in [3.05, 3.63) is 23.3 Å². The first-order valence-corrected chi connectivity index (χ1v) is 6.02. The zero-order valence-electron chi connectivity index (χ0n) is 12.4. The molecule has 0 aromatic heterocycles. The van der Waals surface area contributed by atoms with E-state index >= 15 is 0 Å². The summed E-state index contributed by atoms with van der Waals surface area (Å²) in [5, 5.41) is 1.10. The van der Waals surface area contributed by atoms with Crippen molar-refractivity contribution in [3.63, 3.8) is 0 Å². The summed E-state index contributed by atoms with van der Waals surface area (Å²) in [5.41, 5.74) is 0.880. The molecule has 1 aromatic carbocycles. The number of rotatable bonds is 4. The second-order valence-corrected chi connectivity index (χ2v) is 5.01. The van der Waals surface area contributed by atoms with Gasteiger partial charge in [0.25, 0.3) is 0 Å². The van der Waals surface area contributed by atoms with E-state index < -0.39 is 5.41 Å². The Kier molecular flexibility index (Phi) is 4.42. The lowest BCUT2D eigenvalue weighted by Crippen LogP contribution is -2.45. The molecule has 1 aromatic rings. The maximum Gasteiger partial charge on any atom is 0.246 e. The van der Waals surface area contributed by atoms with Gasteiger partial charge in [0.15, 0.2) is 0 Å². The summed E-state index contributed by atoms with van der Waals surface area (Å²) in [6, 6.07) is 3.67. The quantitative estimate of drug-likeness (QED) is 0.511. The Balaban J connectivity index is 3.43. The van der Waals surface area contributed by atoms with E-state index in [1.54, 1.807) is 14.2 Å². The van der Waals surface area contributed by atoms with E-state index in [1.807, 2.05) is 32.9 Å². The first-order valence-electron chi connectivity index (χ1n) is 6.02. The number of nitrogens with two attached hydrogens (primary N) is 1. The fourth-order valence-corrected chi connectivity index (χ4v) is 2.21. The summed E-state index contributed by atoms with van der Waals surface area (Å²) in [4.78, 5) is 12.2. The van der Waals surface area contributed by atoms with Crippen LogP contribution in [0.4, 0.5) is 0 Å². The molecule has 5 heteroatoms. The number of benzene rings is 1. The van der Waals surface area contributed by atoms with Gasteiger partial charge in [0, 0.05) is 18.2 Å². The maximum absolute atomic E-state index is 12.2. The molecule has 0 bridgehead atoms. The third kappa shape index (κ3) is 2.66. The largest absolute Gasteiger partial charge is 0.496 e. The molecule has 2 N–H and O–H groups in total. The highest BCUT2D eigenvalue weighted by Gasteiger charge is 2.35. The highest BCUT2D eigenvalue weighted by atomic mass is 16.5. The van der Waals surface area contributed by atoms with E-state index in [4.69, 9.17) is 15.3 Å². The summed E-state index contributed by atoms with van der Waals surface area (Å²) in [5.74, 6) is 6.76. The van der Waals surface area contributed by atoms with E-state index in [9.17, 15) is 4.79 Å². The molecule has 0 spiro atoms. The molecule has 0 aliphatic heterocycles. The number of carbonyl (C=O) groups excluding carboxylic acids is 1. The minimum Gasteiger partial charge on any atom is -0.496 e. The standard InChI is InChI=1S/C14H22N2O3/c1-9-11(18-5)8-7-10(12(9)19-6)14(2,3)13(17)16(4)15/h7-8H,15H2,1-6H3. The Bertz CT molecular complexity index is 482. The van der Waals surface area contributed by atoms with Crippen molar-refractivity contribution in [3.8, 4) is 11.5 Å². The maximum atomic E-state index is 12.2. The molecule has 106 valence electrons. The molecule has 0 aliphatic rings. The molecule has 0 unspecified atom stereocenters. The van der Waals surface area contributed by atoms with E-state index in [-0.39, 0.29) is 5.91 Å². The minimum absolute atomic E-state index is 0.185. The molecule has 5 nitrogen and oxygen atoms in total. The van der Waals surface area contributed by atoms with Gasteiger partial charge in [-0.25, -0.2) is 5.84 Å². The van der Waals surface area contributed by atoms with E-state index in [0.717, 1.165) is 21.9 Å². The van der Waals surface area contributed by atoms with Gasteiger partial charge in [-0.3, -0.25) is 9.80 Å². The fourth-order valence-electron chi connectivity index (χ4n) is 2.21. The second-order valence-electron chi connectivity index (χ2n) is 5.01. The Hall–Kier alpha value is -1.75. The highest BCUT2D eigenvalue weighted by Crippen LogP contribution is 2.38. The third-order valence-electron chi connectivity index (χ3n) is 3.31. The zero-order chi connectivity index (χ0) is 14.8. The van der Waals surface area contributed by atoms with Crippen LogP contribution in [0.15, 0.2) is 12.1 Å². The van der Waals surface area contributed by atoms with Gasteiger partial charge in [0.05, 0.1) is 19.6 Å².